The number of benzene rings is 2. The molecular weight excluding hydrogens is 428 g/mol. The smallest absolute Gasteiger partial charge is 0.271 e. The largest absolute Gasteiger partial charge is 0.493 e. The van der Waals surface area contributed by atoms with Gasteiger partial charge in [0.2, 0.25) is 0 Å². The molecule has 0 saturated carbocycles. The van der Waals surface area contributed by atoms with Crippen molar-refractivity contribution in [2.45, 2.75) is 13.8 Å². The molecule has 150 valence electrons. The summed E-state index contributed by atoms with van der Waals surface area (Å²) in [5.74, 6) is 1.89. The lowest BCUT2D eigenvalue weighted by atomic mass is 10.2. The van der Waals surface area contributed by atoms with Crippen molar-refractivity contribution in [2.24, 2.45) is 5.10 Å². The second kappa shape index (κ2) is 10.6. The van der Waals surface area contributed by atoms with Gasteiger partial charge in [0.05, 0.1) is 38.1 Å². The number of carbonyl (C=O) groups is 1. The van der Waals surface area contributed by atoms with Gasteiger partial charge in [-0.1, -0.05) is 0 Å². The van der Waals surface area contributed by atoms with Gasteiger partial charge in [-0.25, -0.2) is 5.43 Å². The van der Waals surface area contributed by atoms with E-state index in [0.29, 0.717) is 41.8 Å². The van der Waals surface area contributed by atoms with Crippen molar-refractivity contribution in [3.63, 3.8) is 0 Å². The Morgan fingerprint density at radius 3 is 2.39 bits per heavy atom. The van der Waals surface area contributed by atoms with Gasteiger partial charge < -0.3 is 18.9 Å². The summed E-state index contributed by atoms with van der Waals surface area (Å²) in [6, 6.07) is 8.56. The summed E-state index contributed by atoms with van der Waals surface area (Å²) in [5.41, 5.74) is 3.64. The molecule has 0 atom stereocenters. The SMILES string of the molecule is CCOc1ccc(C(=O)N/N=C/c2cc(Br)c(OC)c(OC)c2)cc1OCC. The van der Waals surface area contributed by atoms with Gasteiger partial charge in [-0.3, -0.25) is 4.79 Å². The molecule has 0 spiro atoms. The Morgan fingerprint density at radius 2 is 1.75 bits per heavy atom. The van der Waals surface area contributed by atoms with Crippen LogP contribution >= 0.6 is 15.9 Å². The maximum Gasteiger partial charge on any atom is 0.271 e. The molecule has 28 heavy (non-hydrogen) atoms. The maximum atomic E-state index is 12.4. The average Bonchev–Trinajstić information content (AvgIpc) is 2.69. The van der Waals surface area contributed by atoms with Crippen molar-refractivity contribution in [1.82, 2.24) is 5.43 Å². The van der Waals surface area contributed by atoms with Crippen molar-refractivity contribution < 1.29 is 23.7 Å². The molecule has 0 aliphatic heterocycles. The van der Waals surface area contributed by atoms with E-state index in [1.54, 1.807) is 44.6 Å². The predicted molar refractivity (Wildman–Crippen MR) is 111 cm³/mol. The van der Waals surface area contributed by atoms with E-state index in [0.717, 1.165) is 10.0 Å². The third-order valence-electron chi connectivity index (χ3n) is 3.64. The highest BCUT2D eigenvalue weighted by atomic mass is 79.9. The lowest BCUT2D eigenvalue weighted by molar-refractivity contribution is 0.0954. The molecule has 0 saturated heterocycles. The van der Waals surface area contributed by atoms with E-state index < -0.39 is 0 Å². The van der Waals surface area contributed by atoms with Crippen molar-refractivity contribution in [2.75, 3.05) is 27.4 Å². The monoisotopic (exact) mass is 450 g/mol. The number of amides is 1. The summed E-state index contributed by atoms with van der Waals surface area (Å²) in [5, 5.41) is 4.01. The predicted octanol–water partition coefficient (Wildman–Crippen LogP) is 4.03. The molecular formula is C20H23BrN2O5. The van der Waals surface area contributed by atoms with Crippen LogP contribution in [0.5, 0.6) is 23.0 Å². The second-order valence-corrected chi connectivity index (χ2v) is 6.32. The van der Waals surface area contributed by atoms with Crippen LogP contribution in [-0.4, -0.2) is 39.6 Å². The first kappa shape index (κ1) is 21.6. The van der Waals surface area contributed by atoms with E-state index in [2.05, 4.69) is 26.5 Å². The average molecular weight is 451 g/mol. The summed E-state index contributed by atoms with van der Waals surface area (Å²) in [6.07, 6.45) is 1.52. The number of nitrogens with one attached hydrogen (secondary N) is 1. The molecule has 0 unspecified atom stereocenters. The van der Waals surface area contributed by atoms with E-state index in [-0.39, 0.29) is 5.91 Å². The highest BCUT2D eigenvalue weighted by Crippen LogP contribution is 2.35. The Hall–Kier alpha value is -2.74. The minimum atomic E-state index is -0.361. The van der Waals surface area contributed by atoms with Gasteiger partial charge in [0.15, 0.2) is 23.0 Å². The molecule has 0 aromatic heterocycles. The third kappa shape index (κ3) is 5.39. The number of methoxy groups -OCH3 is 2. The van der Waals surface area contributed by atoms with Crippen LogP contribution in [0.25, 0.3) is 0 Å². The Bertz CT molecular complexity index is 855. The van der Waals surface area contributed by atoms with Crippen LogP contribution in [-0.2, 0) is 0 Å². The molecule has 0 fully saturated rings. The molecule has 0 radical (unpaired) electrons. The number of halogens is 1. The van der Waals surface area contributed by atoms with Crippen LogP contribution < -0.4 is 24.4 Å². The van der Waals surface area contributed by atoms with E-state index in [1.807, 2.05) is 13.8 Å². The Kier molecular flexibility index (Phi) is 8.13. The fourth-order valence-electron chi connectivity index (χ4n) is 2.43. The molecule has 2 rings (SSSR count). The van der Waals surface area contributed by atoms with Crippen molar-refractivity contribution in [3.05, 3.63) is 45.9 Å². The first-order valence-electron chi connectivity index (χ1n) is 8.68. The zero-order valence-corrected chi connectivity index (χ0v) is 17.8. The lowest BCUT2D eigenvalue weighted by Crippen LogP contribution is -2.17. The highest BCUT2D eigenvalue weighted by molar-refractivity contribution is 9.10. The van der Waals surface area contributed by atoms with Crippen LogP contribution in [0.4, 0.5) is 0 Å². The molecule has 2 aromatic carbocycles. The molecule has 0 aliphatic rings. The summed E-state index contributed by atoms with van der Waals surface area (Å²) in [6.45, 7) is 4.74. The van der Waals surface area contributed by atoms with E-state index in [1.165, 1.54) is 6.21 Å². The molecule has 7 nitrogen and oxygen atoms in total. The van der Waals surface area contributed by atoms with Gasteiger partial charge in [-0.05, 0) is 65.7 Å². The zero-order chi connectivity index (χ0) is 20.5. The number of hydrogen-bond acceptors (Lipinski definition) is 6. The molecule has 1 N–H and O–H groups in total. The Balaban J connectivity index is 2.13. The van der Waals surface area contributed by atoms with Gasteiger partial charge in [-0.2, -0.15) is 5.10 Å². The van der Waals surface area contributed by atoms with Crippen molar-refractivity contribution >= 4 is 28.1 Å². The number of hydrazone groups is 1. The van der Waals surface area contributed by atoms with E-state index >= 15 is 0 Å². The van der Waals surface area contributed by atoms with Crippen LogP contribution in [0.15, 0.2) is 39.9 Å². The van der Waals surface area contributed by atoms with Crippen molar-refractivity contribution in [1.29, 1.82) is 0 Å². The minimum Gasteiger partial charge on any atom is -0.493 e. The van der Waals surface area contributed by atoms with Gasteiger partial charge in [-0.15, -0.1) is 0 Å². The van der Waals surface area contributed by atoms with Crippen LogP contribution in [0.1, 0.15) is 29.8 Å². The van der Waals surface area contributed by atoms with E-state index in [4.69, 9.17) is 18.9 Å². The summed E-state index contributed by atoms with van der Waals surface area (Å²) < 4.78 is 22.3. The third-order valence-corrected chi connectivity index (χ3v) is 4.23. The Labute approximate surface area is 172 Å². The number of rotatable bonds is 9. The molecule has 0 bridgehead atoms. The standard InChI is InChI=1S/C20H23BrN2O5/c1-5-27-16-8-7-14(11-17(16)28-6-2)20(24)23-22-12-13-9-15(21)19(26-4)18(10-13)25-3/h7-12H,5-6H2,1-4H3,(H,23,24)/b22-12+. The van der Waals surface area contributed by atoms with Gasteiger partial charge >= 0.3 is 0 Å². The summed E-state index contributed by atoms with van der Waals surface area (Å²) in [7, 11) is 3.11. The second-order valence-electron chi connectivity index (χ2n) is 5.46. The molecule has 8 heteroatoms. The summed E-state index contributed by atoms with van der Waals surface area (Å²) >= 11 is 3.42. The van der Waals surface area contributed by atoms with Crippen LogP contribution in [0, 0.1) is 0 Å². The highest BCUT2D eigenvalue weighted by Gasteiger charge is 2.12. The summed E-state index contributed by atoms with van der Waals surface area (Å²) in [4.78, 5) is 12.4. The number of hydrogen-bond donors (Lipinski definition) is 1. The fourth-order valence-corrected chi connectivity index (χ4v) is 3.06. The number of nitrogens with zero attached hydrogens (tertiary/aromatic N) is 1. The quantitative estimate of drug-likeness (QED) is 0.460. The normalized spacial score (nSPS) is 10.6. The Morgan fingerprint density at radius 1 is 1.04 bits per heavy atom. The molecule has 1 amide bonds. The van der Waals surface area contributed by atoms with Gasteiger partial charge in [0, 0.05) is 5.56 Å². The first-order valence-corrected chi connectivity index (χ1v) is 9.47. The van der Waals surface area contributed by atoms with Crippen molar-refractivity contribution in [3.8, 4) is 23.0 Å². The van der Waals surface area contributed by atoms with Crippen LogP contribution in [0.3, 0.4) is 0 Å². The zero-order valence-electron chi connectivity index (χ0n) is 16.2. The van der Waals surface area contributed by atoms with Crippen LogP contribution in [0.2, 0.25) is 0 Å². The van der Waals surface area contributed by atoms with Gasteiger partial charge in [0.1, 0.15) is 0 Å². The minimum absolute atomic E-state index is 0.361. The maximum absolute atomic E-state index is 12.4. The fraction of sp³-hybridized carbons (Fsp3) is 0.300. The first-order chi connectivity index (χ1) is 13.5. The topological polar surface area (TPSA) is 78.4 Å². The number of carbonyl (C=O) groups excluding carboxylic acids is 1. The number of ether oxygens (including phenoxy) is 4. The van der Waals surface area contributed by atoms with Gasteiger partial charge in [0.25, 0.3) is 5.91 Å². The molecule has 0 heterocycles. The lowest BCUT2D eigenvalue weighted by Gasteiger charge is -2.12. The molecule has 2 aromatic rings. The van der Waals surface area contributed by atoms with E-state index in [9.17, 15) is 4.79 Å². The molecule has 0 aliphatic carbocycles.